The molecular formula is C24H25NO. The predicted molar refractivity (Wildman–Crippen MR) is 109 cm³/mol. The van der Waals surface area contributed by atoms with Crippen LogP contribution in [0, 0.1) is 0 Å². The second-order valence-electron chi connectivity index (χ2n) is 6.60. The van der Waals surface area contributed by atoms with E-state index in [1.807, 2.05) is 71.6 Å². The molecule has 0 bridgehead atoms. The number of carbonyl (C=O) groups is 1. The van der Waals surface area contributed by atoms with Gasteiger partial charge in [0, 0.05) is 17.8 Å². The molecule has 0 fully saturated rings. The normalized spacial score (nSPS) is 11.7. The summed E-state index contributed by atoms with van der Waals surface area (Å²) in [5, 5.41) is 0. The molecule has 0 aromatic heterocycles. The molecule has 0 aliphatic heterocycles. The van der Waals surface area contributed by atoms with E-state index in [-0.39, 0.29) is 5.91 Å². The third kappa shape index (κ3) is 4.60. The molecule has 0 aliphatic carbocycles. The smallest absolute Gasteiger partial charge is 0.231 e. The van der Waals surface area contributed by atoms with E-state index in [4.69, 9.17) is 0 Å². The van der Waals surface area contributed by atoms with E-state index in [1.165, 1.54) is 5.56 Å². The SMILES string of the molecule is CC(CCCC(=O)N(c1ccccc1)c1ccccc1)c1ccccc1. The Kier molecular flexibility index (Phi) is 6.21. The van der Waals surface area contributed by atoms with Crippen molar-refractivity contribution in [2.24, 2.45) is 0 Å². The maximum absolute atomic E-state index is 13.0. The minimum absolute atomic E-state index is 0.141. The van der Waals surface area contributed by atoms with Crippen LogP contribution in [0.4, 0.5) is 11.4 Å². The molecule has 0 spiro atoms. The highest BCUT2D eigenvalue weighted by Gasteiger charge is 2.17. The standard InChI is InChI=1S/C24H25NO/c1-20(21-13-5-2-6-14-21)12-11-19-24(26)25(22-15-7-3-8-16-22)23-17-9-4-10-18-23/h2-10,13-18,20H,11-12,19H2,1H3. The number of carbonyl (C=O) groups excluding carboxylic acids is 1. The molecule has 26 heavy (non-hydrogen) atoms. The van der Waals surface area contributed by atoms with Gasteiger partial charge in [-0.05, 0) is 48.6 Å². The predicted octanol–water partition coefficient (Wildman–Crippen LogP) is 6.33. The van der Waals surface area contributed by atoms with Crippen molar-refractivity contribution in [1.82, 2.24) is 0 Å². The van der Waals surface area contributed by atoms with Gasteiger partial charge in [0.25, 0.3) is 0 Å². The molecule has 0 radical (unpaired) electrons. The first-order valence-corrected chi connectivity index (χ1v) is 9.23. The molecule has 3 aromatic rings. The van der Waals surface area contributed by atoms with E-state index in [9.17, 15) is 4.79 Å². The lowest BCUT2D eigenvalue weighted by molar-refractivity contribution is -0.118. The Morgan fingerprint density at radius 2 is 1.23 bits per heavy atom. The van der Waals surface area contributed by atoms with Crippen LogP contribution < -0.4 is 4.90 Å². The summed E-state index contributed by atoms with van der Waals surface area (Å²) < 4.78 is 0. The van der Waals surface area contributed by atoms with Crippen LogP contribution in [-0.2, 0) is 4.79 Å². The summed E-state index contributed by atoms with van der Waals surface area (Å²) in [4.78, 5) is 14.8. The first-order chi connectivity index (χ1) is 12.8. The fourth-order valence-electron chi connectivity index (χ4n) is 3.21. The number of nitrogens with zero attached hydrogens (tertiary/aromatic N) is 1. The number of rotatable bonds is 7. The first-order valence-electron chi connectivity index (χ1n) is 9.23. The fraction of sp³-hybridized carbons (Fsp3) is 0.208. The molecule has 1 amide bonds. The third-order valence-corrected chi connectivity index (χ3v) is 4.67. The maximum Gasteiger partial charge on any atom is 0.231 e. The van der Waals surface area contributed by atoms with Gasteiger partial charge in [-0.3, -0.25) is 9.69 Å². The maximum atomic E-state index is 13.0. The number of hydrogen-bond donors (Lipinski definition) is 0. The third-order valence-electron chi connectivity index (χ3n) is 4.67. The van der Waals surface area contributed by atoms with E-state index < -0.39 is 0 Å². The zero-order chi connectivity index (χ0) is 18.2. The summed E-state index contributed by atoms with van der Waals surface area (Å²) in [5.74, 6) is 0.605. The van der Waals surface area contributed by atoms with E-state index in [1.54, 1.807) is 0 Å². The summed E-state index contributed by atoms with van der Waals surface area (Å²) in [6.07, 6.45) is 2.43. The van der Waals surface area contributed by atoms with Crippen molar-refractivity contribution in [3.63, 3.8) is 0 Å². The molecule has 2 heteroatoms. The van der Waals surface area contributed by atoms with Gasteiger partial charge in [0.1, 0.15) is 0 Å². The lowest BCUT2D eigenvalue weighted by Gasteiger charge is -2.23. The summed E-state index contributed by atoms with van der Waals surface area (Å²) >= 11 is 0. The molecule has 132 valence electrons. The molecule has 0 saturated carbocycles. The Morgan fingerprint density at radius 1 is 0.769 bits per heavy atom. The monoisotopic (exact) mass is 343 g/mol. The van der Waals surface area contributed by atoms with Crippen LogP contribution in [-0.4, -0.2) is 5.91 Å². The number of benzene rings is 3. The highest BCUT2D eigenvalue weighted by molar-refractivity contribution is 6.00. The van der Waals surface area contributed by atoms with Crippen molar-refractivity contribution < 1.29 is 4.79 Å². The van der Waals surface area contributed by atoms with Gasteiger partial charge in [-0.1, -0.05) is 73.7 Å². The topological polar surface area (TPSA) is 20.3 Å². The van der Waals surface area contributed by atoms with Crippen molar-refractivity contribution in [2.45, 2.75) is 32.1 Å². The van der Waals surface area contributed by atoms with Crippen LogP contribution in [0.5, 0.6) is 0 Å². The van der Waals surface area contributed by atoms with Gasteiger partial charge in [0.2, 0.25) is 5.91 Å². The Morgan fingerprint density at radius 3 is 1.73 bits per heavy atom. The summed E-state index contributed by atoms with van der Waals surface area (Å²) in [6, 6.07) is 30.3. The largest absolute Gasteiger partial charge is 0.281 e. The van der Waals surface area contributed by atoms with Gasteiger partial charge in [-0.25, -0.2) is 0 Å². The van der Waals surface area contributed by atoms with Crippen LogP contribution in [0.3, 0.4) is 0 Å². The fourth-order valence-corrected chi connectivity index (χ4v) is 3.21. The molecule has 0 heterocycles. The highest BCUT2D eigenvalue weighted by atomic mass is 16.2. The van der Waals surface area contributed by atoms with Crippen molar-refractivity contribution >= 4 is 17.3 Å². The van der Waals surface area contributed by atoms with Gasteiger partial charge in [0.15, 0.2) is 0 Å². The zero-order valence-electron chi connectivity index (χ0n) is 15.2. The Bertz CT molecular complexity index is 760. The van der Waals surface area contributed by atoms with E-state index in [0.29, 0.717) is 12.3 Å². The minimum atomic E-state index is 0.141. The lowest BCUT2D eigenvalue weighted by Crippen LogP contribution is -2.25. The summed E-state index contributed by atoms with van der Waals surface area (Å²) in [5.41, 5.74) is 3.17. The molecule has 0 saturated heterocycles. The Balaban J connectivity index is 1.67. The molecular weight excluding hydrogens is 318 g/mol. The first kappa shape index (κ1) is 17.9. The number of para-hydroxylation sites is 2. The molecule has 1 atom stereocenters. The average Bonchev–Trinajstić information content (AvgIpc) is 2.70. The number of hydrogen-bond acceptors (Lipinski definition) is 1. The number of anilines is 2. The summed E-state index contributed by atoms with van der Waals surface area (Å²) in [6.45, 7) is 2.23. The van der Waals surface area contributed by atoms with Crippen LogP contribution in [0.25, 0.3) is 0 Å². The van der Waals surface area contributed by atoms with E-state index >= 15 is 0 Å². The number of amides is 1. The van der Waals surface area contributed by atoms with Crippen LogP contribution in [0.15, 0.2) is 91.0 Å². The molecule has 1 unspecified atom stereocenters. The molecule has 2 nitrogen and oxygen atoms in total. The molecule has 3 aromatic carbocycles. The van der Waals surface area contributed by atoms with Crippen molar-refractivity contribution in [3.8, 4) is 0 Å². The van der Waals surface area contributed by atoms with Gasteiger partial charge >= 0.3 is 0 Å². The van der Waals surface area contributed by atoms with Gasteiger partial charge < -0.3 is 0 Å². The molecule has 0 aliphatic rings. The Hall–Kier alpha value is -2.87. The van der Waals surface area contributed by atoms with Crippen molar-refractivity contribution in [2.75, 3.05) is 4.90 Å². The second kappa shape index (κ2) is 9.00. The summed E-state index contributed by atoms with van der Waals surface area (Å²) in [7, 11) is 0. The van der Waals surface area contributed by atoms with Crippen LogP contribution in [0.2, 0.25) is 0 Å². The average molecular weight is 343 g/mol. The minimum Gasteiger partial charge on any atom is -0.281 e. The molecule has 0 N–H and O–H groups in total. The van der Waals surface area contributed by atoms with Gasteiger partial charge in [-0.15, -0.1) is 0 Å². The van der Waals surface area contributed by atoms with Gasteiger partial charge in [-0.2, -0.15) is 0 Å². The van der Waals surface area contributed by atoms with E-state index in [2.05, 4.69) is 31.2 Å². The van der Waals surface area contributed by atoms with Crippen molar-refractivity contribution in [1.29, 1.82) is 0 Å². The van der Waals surface area contributed by atoms with Crippen LogP contribution in [0.1, 0.15) is 37.7 Å². The van der Waals surface area contributed by atoms with E-state index in [0.717, 1.165) is 24.2 Å². The van der Waals surface area contributed by atoms with Gasteiger partial charge in [0.05, 0.1) is 0 Å². The highest BCUT2D eigenvalue weighted by Crippen LogP contribution is 2.27. The molecule has 3 rings (SSSR count). The quantitative estimate of drug-likeness (QED) is 0.491. The second-order valence-corrected chi connectivity index (χ2v) is 6.60. The lowest BCUT2D eigenvalue weighted by atomic mass is 9.95. The van der Waals surface area contributed by atoms with Crippen LogP contribution >= 0.6 is 0 Å². The van der Waals surface area contributed by atoms with Crippen molar-refractivity contribution in [3.05, 3.63) is 96.6 Å². The zero-order valence-corrected chi connectivity index (χ0v) is 15.2. The Labute approximate surface area is 156 Å².